The van der Waals surface area contributed by atoms with Crippen molar-refractivity contribution in [1.29, 1.82) is 0 Å². The molecule has 2 aromatic carbocycles. The summed E-state index contributed by atoms with van der Waals surface area (Å²) in [5, 5.41) is 0. The Hall–Kier alpha value is -1.76. The van der Waals surface area contributed by atoms with Crippen LogP contribution < -0.4 is 4.74 Å². The first-order chi connectivity index (χ1) is 8.63. The second kappa shape index (κ2) is 4.16. The van der Waals surface area contributed by atoms with Crippen molar-refractivity contribution in [3.05, 3.63) is 60.0 Å². The molecule has 0 amide bonds. The van der Waals surface area contributed by atoms with Crippen molar-refractivity contribution in [2.24, 2.45) is 0 Å². The molecule has 1 radical (unpaired) electrons. The summed E-state index contributed by atoms with van der Waals surface area (Å²) in [5.74, 6) is 1.02. The number of fused-ring (bicyclic) bond motifs is 1. The summed E-state index contributed by atoms with van der Waals surface area (Å²) >= 11 is 0. The van der Waals surface area contributed by atoms with Crippen molar-refractivity contribution < 1.29 is 4.74 Å². The van der Waals surface area contributed by atoms with Crippen molar-refractivity contribution in [2.75, 3.05) is 0 Å². The summed E-state index contributed by atoms with van der Waals surface area (Å²) in [5.41, 5.74) is 6.25. The maximum Gasteiger partial charge on any atom is 0.130 e. The van der Waals surface area contributed by atoms with Crippen LogP contribution in [-0.2, 0) is 6.42 Å². The van der Waals surface area contributed by atoms with E-state index in [0.717, 1.165) is 12.2 Å². The maximum atomic E-state index is 5.87. The van der Waals surface area contributed by atoms with Gasteiger partial charge in [-0.1, -0.05) is 35.9 Å². The smallest absolute Gasteiger partial charge is 0.130 e. The van der Waals surface area contributed by atoms with E-state index in [9.17, 15) is 0 Å². The molecular formula is C17H17O. The van der Waals surface area contributed by atoms with Crippen molar-refractivity contribution in [1.82, 2.24) is 0 Å². The molecule has 1 nitrogen and oxygen atoms in total. The van der Waals surface area contributed by atoms with E-state index in [2.05, 4.69) is 57.2 Å². The van der Waals surface area contributed by atoms with Gasteiger partial charge in [0.1, 0.15) is 11.9 Å². The van der Waals surface area contributed by atoms with Crippen LogP contribution in [0.4, 0.5) is 0 Å². The molecule has 3 rings (SSSR count). The van der Waals surface area contributed by atoms with Gasteiger partial charge in [0.25, 0.3) is 0 Å². The van der Waals surface area contributed by atoms with Gasteiger partial charge in [0.2, 0.25) is 0 Å². The highest BCUT2D eigenvalue weighted by Gasteiger charge is 2.23. The lowest BCUT2D eigenvalue weighted by Gasteiger charge is -2.11. The van der Waals surface area contributed by atoms with Crippen LogP contribution in [0, 0.1) is 20.8 Å². The zero-order valence-electron chi connectivity index (χ0n) is 10.9. The van der Waals surface area contributed by atoms with E-state index < -0.39 is 0 Å². The summed E-state index contributed by atoms with van der Waals surface area (Å²) in [6, 6.07) is 13.0. The minimum absolute atomic E-state index is 0.0472. The summed E-state index contributed by atoms with van der Waals surface area (Å²) in [6.45, 7) is 8.25. The fourth-order valence-electron chi connectivity index (χ4n) is 2.54. The Bertz CT molecular complexity index is 581. The van der Waals surface area contributed by atoms with Gasteiger partial charge in [-0.3, -0.25) is 0 Å². The third kappa shape index (κ3) is 1.90. The van der Waals surface area contributed by atoms with Gasteiger partial charge in [-0.25, -0.2) is 0 Å². The third-order valence-corrected chi connectivity index (χ3v) is 3.40. The predicted molar refractivity (Wildman–Crippen MR) is 74.8 cm³/mol. The topological polar surface area (TPSA) is 9.23 Å². The highest BCUT2D eigenvalue weighted by molar-refractivity contribution is 5.74. The maximum absolute atomic E-state index is 5.87. The Kier molecular flexibility index (Phi) is 2.62. The molecule has 1 heterocycles. The van der Waals surface area contributed by atoms with Crippen molar-refractivity contribution in [2.45, 2.75) is 26.4 Å². The Balaban J connectivity index is 2.15. The van der Waals surface area contributed by atoms with Gasteiger partial charge in [-0.15, -0.1) is 0 Å². The normalized spacial score (nSPS) is 17.4. The molecule has 0 saturated heterocycles. The monoisotopic (exact) mass is 237 g/mol. The van der Waals surface area contributed by atoms with Crippen LogP contribution in [0.2, 0.25) is 0 Å². The van der Waals surface area contributed by atoms with Gasteiger partial charge in [-0.05, 0) is 43.5 Å². The van der Waals surface area contributed by atoms with Crippen LogP contribution >= 0.6 is 0 Å². The van der Waals surface area contributed by atoms with Gasteiger partial charge < -0.3 is 4.74 Å². The molecule has 0 spiro atoms. The Morgan fingerprint density at radius 3 is 2.50 bits per heavy atom. The van der Waals surface area contributed by atoms with E-state index in [0.29, 0.717) is 0 Å². The fraction of sp³-hybridized carbons (Fsp3) is 0.235. The molecule has 0 fully saturated rings. The quantitative estimate of drug-likeness (QED) is 0.725. The Morgan fingerprint density at radius 2 is 1.78 bits per heavy atom. The molecule has 0 bridgehead atoms. The summed E-state index contributed by atoms with van der Waals surface area (Å²) < 4.78 is 5.87. The van der Waals surface area contributed by atoms with Gasteiger partial charge in [0.05, 0.1) is 0 Å². The van der Waals surface area contributed by atoms with Crippen LogP contribution in [0.1, 0.15) is 16.7 Å². The highest BCUT2D eigenvalue weighted by atomic mass is 16.5. The Labute approximate surface area is 108 Å². The zero-order valence-corrected chi connectivity index (χ0v) is 10.9. The Morgan fingerprint density at radius 1 is 1.06 bits per heavy atom. The SMILES string of the molecule is [CH2]C1Cc2cc(C)cc(-c3ccc(C)cc3)c2O1. The van der Waals surface area contributed by atoms with Crippen molar-refractivity contribution in [3.63, 3.8) is 0 Å². The minimum Gasteiger partial charge on any atom is -0.489 e. The van der Waals surface area contributed by atoms with E-state index >= 15 is 0 Å². The molecule has 1 aliphatic rings. The molecule has 1 atom stereocenters. The average molecular weight is 237 g/mol. The zero-order chi connectivity index (χ0) is 12.7. The minimum atomic E-state index is 0.0472. The number of hydrogen-bond acceptors (Lipinski definition) is 1. The third-order valence-electron chi connectivity index (χ3n) is 3.40. The average Bonchev–Trinajstić information content (AvgIpc) is 2.69. The summed E-state index contributed by atoms with van der Waals surface area (Å²) in [4.78, 5) is 0. The standard InChI is InChI=1S/C17H17O/c1-11-4-6-14(7-5-11)16-9-12(2)8-15-10-13(3)18-17(15)16/h4-9,13H,3,10H2,1-2H3. The van der Waals surface area contributed by atoms with Gasteiger partial charge >= 0.3 is 0 Å². The van der Waals surface area contributed by atoms with Gasteiger partial charge in [0, 0.05) is 12.0 Å². The van der Waals surface area contributed by atoms with Crippen LogP contribution in [-0.4, -0.2) is 6.10 Å². The molecule has 1 aliphatic heterocycles. The van der Waals surface area contributed by atoms with E-state index in [1.54, 1.807) is 0 Å². The first kappa shape index (κ1) is 11.3. The van der Waals surface area contributed by atoms with Gasteiger partial charge in [-0.2, -0.15) is 0 Å². The molecule has 0 aromatic heterocycles. The molecule has 1 unspecified atom stereocenters. The second-order valence-electron chi connectivity index (χ2n) is 5.11. The first-order valence-electron chi connectivity index (χ1n) is 6.34. The van der Waals surface area contributed by atoms with Crippen molar-refractivity contribution >= 4 is 0 Å². The molecule has 2 aromatic rings. The van der Waals surface area contributed by atoms with E-state index in [4.69, 9.17) is 4.74 Å². The lowest BCUT2D eigenvalue weighted by molar-refractivity contribution is 0.282. The number of benzene rings is 2. The number of aryl methyl sites for hydroxylation is 2. The van der Waals surface area contributed by atoms with Crippen LogP contribution in [0.3, 0.4) is 0 Å². The molecule has 0 saturated carbocycles. The van der Waals surface area contributed by atoms with Gasteiger partial charge in [0.15, 0.2) is 0 Å². The molecule has 1 heteroatoms. The van der Waals surface area contributed by atoms with E-state index in [-0.39, 0.29) is 6.10 Å². The lowest BCUT2D eigenvalue weighted by atomic mass is 9.97. The number of rotatable bonds is 1. The van der Waals surface area contributed by atoms with Crippen LogP contribution in [0.15, 0.2) is 36.4 Å². The number of ether oxygens (including phenoxy) is 1. The number of hydrogen-bond donors (Lipinski definition) is 0. The van der Waals surface area contributed by atoms with Crippen LogP contribution in [0.25, 0.3) is 11.1 Å². The molecule has 0 aliphatic carbocycles. The first-order valence-corrected chi connectivity index (χ1v) is 6.34. The lowest BCUT2D eigenvalue weighted by Crippen LogP contribution is -2.06. The molecule has 18 heavy (non-hydrogen) atoms. The summed E-state index contributed by atoms with van der Waals surface area (Å²) in [7, 11) is 0. The highest BCUT2D eigenvalue weighted by Crippen LogP contribution is 2.39. The molecule has 91 valence electrons. The second-order valence-corrected chi connectivity index (χ2v) is 5.11. The largest absolute Gasteiger partial charge is 0.489 e. The fourth-order valence-corrected chi connectivity index (χ4v) is 2.54. The van der Waals surface area contributed by atoms with E-state index in [1.165, 1.54) is 27.8 Å². The summed E-state index contributed by atoms with van der Waals surface area (Å²) in [6.07, 6.45) is 0.960. The predicted octanol–water partition coefficient (Wildman–Crippen LogP) is 4.11. The van der Waals surface area contributed by atoms with Crippen LogP contribution in [0.5, 0.6) is 5.75 Å². The van der Waals surface area contributed by atoms with E-state index in [1.807, 2.05) is 0 Å². The molecular weight excluding hydrogens is 220 g/mol. The molecule has 0 N–H and O–H groups in total. The van der Waals surface area contributed by atoms with Crippen molar-refractivity contribution in [3.8, 4) is 16.9 Å².